The maximum absolute atomic E-state index is 11.9. The lowest BCUT2D eigenvalue weighted by molar-refractivity contribution is -0.115. The van der Waals surface area contributed by atoms with Gasteiger partial charge in [0, 0.05) is 22.7 Å². The lowest BCUT2D eigenvalue weighted by Crippen LogP contribution is -2.16. The van der Waals surface area contributed by atoms with Crippen molar-refractivity contribution in [3.05, 3.63) is 27.2 Å². The summed E-state index contributed by atoms with van der Waals surface area (Å²) in [5.41, 5.74) is 7.22. The van der Waals surface area contributed by atoms with Gasteiger partial charge in [-0.15, -0.1) is 22.7 Å². The summed E-state index contributed by atoms with van der Waals surface area (Å²) in [5, 5.41) is 8.13. The van der Waals surface area contributed by atoms with E-state index in [0.29, 0.717) is 11.7 Å². The summed E-state index contributed by atoms with van der Waals surface area (Å²) in [6, 6.07) is 0. The Kier molecular flexibility index (Phi) is 4.52. The third-order valence-corrected chi connectivity index (χ3v) is 4.31. The summed E-state index contributed by atoms with van der Waals surface area (Å²) < 4.78 is 0. The normalized spacial score (nSPS) is 11.6. The van der Waals surface area contributed by atoms with Gasteiger partial charge in [0.15, 0.2) is 5.13 Å². The third-order valence-electron chi connectivity index (χ3n) is 2.63. The molecule has 0 aliphatic rings. The number of anilines is 1. The zero-order valence-electron chi connectivity index (χ0n) is 11.8. The quantitative estimate of drug-likeness (QED) is 0.909. The van der Waals surface area contributed by atoms with Crippen molar-refractivity contribution >= 4 is 33.7 Å². The maximum atomic E-state index is 11.9. The molecule has 108 valence electrons. The van der Waals surface area contributed by atoms with E-state index in [-0.39, 0.29) is 17.7 Å². The number of nitrogens with one attached hydrogen (secondary N) is 1. The monoisotopic (exact) mass is 310 g/mol. The first-order chi connectivity index (χ1) is 9.38. The second kappa shape index (κ2) is 5.99. The van der Waals surface area contributed by atoms with Crippen molar-refractivity contribution in [1.82, 2.24) is 9.97 Å². The Bertz CT molecular complexity index is 598. The standard InChI is InChI=1S/C13H18N4OS2/c1-13(2,3)9-7-20-12(16-9)17-10(18)4-8-6-19-11(5-14)15-8/h6-7H,4-5,14H2,1-3H3,(H,16,17,18). The van der Waals surface area contributed by atoms with Crippen LogP contribution in [0.1, 0.15) is 37.2 Å². The van der Waals surface area contributed by atoms with Crippen molar-refractivity contribution in [2.45, 2.75) is 39.2 Å². The molecule has 0 aromatic carbocycles. The zero-order valence-corrected chi connectivity index (χ0v) is 13.4. The van der Waals surface area contributed by atoms with E-state index in [1.807, 2.05) is 10.8 Å². The second-order valence-corrected chi connectivity index (χ2v) is 7.25. The topological polar surface area (TPSA) is 80.9 Å². The molecule has 0 aliphatic carbocycles. The second-order valence-electron chi connectivity index (χ2n) is 5.45. The van der Waals surface area contributed by atoms with Crippen molar-refractivity contribution < 1.29 is 4.79 Å². The fourth-order valence-electron chi connectivity index (χ4n) is 1.53. The van der Waals surface area contributed by atoms with Crippen LogP contribution in [0.3, 0.4) is 0 Å². The van der Waals surface area contributed by atoms with Crippen LogP contribution in [0.15, 0.2) is 10.8 Å². The summed E-state index contributed by atoms with van der Waals surface area (Å²) in [5.74, 6) is -0.103. The van der Waals surface area contributed by atoms with Crippen molar-refractivity contribution in [3.8, 4) is 0 Å². The van der Waals surface area contributed by atoms with Gasteiger partial charge in [-0.2, -0.15) is 0 Å². The summed E-state index contributed by atoms with van der Waals surface area (Å²) in [6.45, 7) is 6.69. The lowest BCUT2D eigenvalue weighted by atomic mass is 9.93. The summed E-state index contributed by atoms with van der Waals surface area (Å²) in [7, 11) is 0. The molecule has 0 aliphatic heterocycles. The molecule has 0 saturated heterocycles. The Morgan fingerprint density at radius 3 is 2.60 bits per heavy atom. The van der Waals surface area contributed by atoms with Gasteiger partial charge in [0.1, 0.15) is 5.01 Å². The van der Waals surface area contributed by atoms with Crippen LogP contribution < -0.4 is 11.1 Å². The highest BCUT2D eigenvalue weighted by Crippen LogP contribution is 2.26. The van der Waals surface area contributed by atoms with Crippen LogP contribution in [0.2, 0.25) is 0 Å². The van der Waals surface area contributed by atoms with Crippen LogP contribution in [0, 0.1) is 0 Å². The van der Waals surface area contributed by atoms with Gasteiger partial charge in [-0.3, -0.25) is 4.79 Å². The first-order valence-corrected chi connectivity index (χ1v) is 8.03. The van der Waals surface area contributed by atoms with Gasteiger partial charge < -0.3 is 11.1 Å². The van der Waals surface area contributed by atoms with Crippen LogP contribution in [0.5, 0.6) is 0 Å². The minimum atomic E-state index is -0.103. The van der Waals surface area contributed by atoms with E-state index in [1.54, 1.807) is 0 Å². The third kappa shape index (κ3) is 3.84. The predicted octanol–water partition coefficient (Wildman–Crippen LogP) is 2.54. The molecule has 0 bridgehead atoms. The molecule has 0 saturated carbocycles. The molecule has 0 atom stereocenters. The molecule has 2 aromatic heterocycles. The highest BCUT2D eigenvalue weighted by Gasteiger charge is 2.18. The minimum absolute atomic E-state index is 0.00951. The van der Waals surface area contributed by atoms with E-state index in [1.165, 1.54) is 22.7 Å². The summed E-state index contributed by atoms with van der Waals surface area (Å²) in [6.07, 6.45) is 0.251. The number of rotatable bonds is 4. The average molecular weight is 310 g/mol. The van der Waals surface area contributed by atoms with E-state index in [4.69, 9.17) is 5.73 Å². The number of hydrogen-bond acceptors (Lipinski definition) is 6. The van der Waals surface area contributed by atoms with Gasteiger partial charge >= 0.3 is 0 Å². The Morgan fingerprint density at radius 2 is 2.05 bits per heavy atom. The fraction of sp³-hybridized carbons (Fsp3) is 0.462. The zero-order chi connectivity index (χ0) is 14.8. The molecule has 2 rings (SSSR count). The van der Waals surface area contributed by atoms with Crippen molar-refractivity contribution in [1.29, 1.82) is 0 Å². The molecule has 1 amide bonds. The highest BCUT2D eigenvalue weighted by molar-refractivity contribution is 7.14. The molecule has 0 fully saturated rings. The van der Waals surface area contributed by atoms with Crippen molar-refractivity contribution in [3.63, 3.8) is 0 Å². The Balaban J connectivity index is 1.96. The highest BCUT2D eigenvalue weighted by atomic mass is 32.1. The van der Waals surface area contributed by atoms with Crippen molar-refractivity contribution in [2.24, 2.45) is 5.73 Å². The molecule has 0 radical (unpaired) electrons. The van der Waals surface area contributed by atoms with E-state index in [2.05, 4.69) is 36.1 Å². The van der Waals surface area contributed by atoms with Crippen LogP contribution >= 0.6 is 22.7 Å². The van der Waals surface area contributed by atoms with Gasteiger partial charge in [-0.05, 0) is 0 Å². The molecule has 2 aromatic rings. The molecular weight excluding hydrogens is 292 g/mol. The molecule has 5 nitrogen and oxygen atoms in total. The first kappa shape index (κ1) is 15.1. The first-order valence-electron chi connectivity index (χ1n) is 6.27. The average Bonchev–Trinajstić information content (AvgIpc) is 2.97. The largest absolute Gasteiger partial charge is 0.325 e. The van der Waals surface area contributed by atoms with Crippen LogP contribution in [-0.2, 0) is 23.2 Å². The maximum Gasteiger partial charge on any atom is 0.232 e. The molecule has 3 N–H and O–H groups in total. The number of carbonyl (C=O) groups excluding carboxylic acids is 1. The van der Waals surface area contributed by atoms with Crippen LogP contribution in [-0.4, -0.2) is 15.9 Å². The number of aromatic nitrogens is 2. The van der Waals surface area contributed by atoms with E-state index in [0.717, 1.165) is 16.4 Å². The SMILES string of the molecule is CC(C)(C)c1csc(NC(=O)Cc2csc(CN)n2)n1. The van der Waals surface area contributed by atoms with Gasteiger partial charge in [0.25, 0.3) is 0 Å². The van der Waals surface area contributed by atoms with E-state index in [9.17, 15) is 4.79 Å². The number of amides is 1. The minimum Gasteiger partial charge on any atom is -0.325 e. The van der Waals surface area contributed by atoms with Crippen LogP contribution in [0.25, 0.3) is 0 Å². The number of hydrogen-bond donors (Lipinski definition) is 2. The van der Waals surface area contributed by atoms with Gasteiger partial charge in [0.05, 0.1) is 17.8 Å². The number of carbonyl (C=O) groups is 1. The number of nitrogens with zero attached hydrogens (tertiary/aromatic N) is 2. The fourth-order valence-corrected chi connectivity index (χ4v) is 3.16. The Morgan fingerprint density at radius 1 is 1.30 bits per heavy atom. The van der Waals surface area contributed by atoms with E-state index >= 15 is 0 Å². The molecule has 0 spiro atoms. The Labute approximate surface area is 126 Å². The van der Waals surface area contributed by atoms with Crippen molar-refractivity contribution in [2.75, 3.05) is 5.32 Å². The molecule has 0 unspecified atom stereocenters. The molecule has 2 heterocycles. The summed E-state index contributed by atoms with van der Waals surface area (Å²) in [4.78, 5) is 20.6. The Hall–Kier alpha value is -1.31. The molecule has 20 heavy (non-hydrogen) atoms. The molecule has 7 heteroatoms. The van der Waals surface area contributed by atoms with Gasteiger partial charge in [-0.25, -0.2) is 9.97 Å². The summed E-state index contributed by atoms with van der Waals surface area (Å²) >= 11 is 2.92. The van der Waals surface area contributed by atoms with Gasteiger partial charge in [0.2, 0.25) is 5.91 Å². The molecular formula is C13H18N4OS2. The number of thiazole rings is 2. The smallest absolute Gasteiger partial charge is 0.232 e. The predicted molar refractivity (Wildman–Crippen MR) is 83.2 cm³/mol. The lowest BCUT2D eigenvalue weighted by Gasteiger charge is -2.14. The van der Waals surface area contributed by atoms with Crippen LogP contribution in [0.4, 0.5) is 5.13 Å². The number of nitrogens with two attached hydrogens (primary N) is 1. The van der Waals surface area contributed by atoms with E-state index < -0.39 is 0 Å². The van der Waals surface area contributed by atoms with Gasteiger partial charge in [-0.1, -0.05) is 20.8 Å².